The lowest BCUT2D eigenvalue weighted by molar-refractivity contribution is 0.320. The number of allylic oxidation sites excluding steroid dienone is 2. The van der Waals surface area contributed by atoms with Crippen LogP contribution in [0, 0.1) is 11.8 Å². The lowest BCUT2D eigenvalue weighted by Crippen LogP contribution is -2.49. The van der Waals surface area contributed by atoms with Gasteiger partial charge in [0.1, 0.15) is 0 Å². The van der Waals surface area contributed by atoms with E-state index >= 15 is 0 Å². The molecule has 22 heavy (non-hydrogen) atoms. The van der Waals surface area contributed by atoms with Crippen LogP contribution in [0.25, 0.3) is 0 Å². The maximum absolute atomic E-state index is 2.55. The molecule has 2 aromatic carbocycles. The van der Waals surface area contributed by atoms with Gasteiger partial charge in [0.15, 0.2) is 0 Å². The standard InChI is InChI=1S/C20H18P2/c1-3-7-15(8-4-1)21-13-11-17-18-12-14-22(20(18)19(17)21)16-9-5-2-6-10-16/h1-14,17-20H. The van der Waals surface area contributed by atoms with E-state index in [0.717, 1.165) is 23.2 Å². The van der Waals surface area contributed by atoms with Gasteiger partial charge in [-0.05, 0) is 38.3 Å². The molecule has 2 heterocycles. The number of hydrogen-bond donors (Lipinski definition) is 0. The van der Waals surface area contributed by atoms with Crippen LogP contribution in [0.15, 0.2) is 84.4 Å². The molecule has 0 amide bonds. The highest BCUT2D eigenvalue weighted by molar-refractivity contribution is 7.74. The molecule has 0 radical (unpaired) electrons. The van der Waals surface area contributed by atoms with Crippen LogP contribution in [0.5, 0.6) is 0 Å². The molecule has 6 atom stereocenters. The summed E-state index contributed by atoms with van der Waals surface area (Å²) in [5, 5.41) is 3.13. The normalized spacial score (nSPS) is 37.6. The number of rotatable bonds is 2. The monoisotopic (exact) mass is 320 g/mol. The second-order valence-electron chi connectivity index (χ2n) is 6.30. The lowest BCUT2D eigenvalue weighted by Gasteiger charge is -2.49. The summed E-state index contributed by atoms with van der Waals surface area (Å²) in [6.07, 6.45) is 5.05. The van der Waals surface area contributed by atoms with Gasteiger partial charge in [0.25, 0.3) is 0 Å². The van der Waals surface area contributed by atoms with Gasteiger partial charge in [-0.2, -0.15) is 0 Å². The van der Waals surface area contributed by atoms with Crippen molar-refractivity contribution in [1.29, 1.82) is 0 Å². The van der Waals surface area contributed by atoms with Crippen molar-refractivity contribution in [3.63, 3.8) is 0 Å². The van der Waals surface area contributed by atoms with Crippen molar-refractivity contribution in [2.24, 2.45) is 11.8 Å². The zero-order valence-electron chi connectivity index (χ0n) is 12.3. The van der Waals surface area contributed by atoms with Gasteiger partial charge in [0, 0.05) is 11.3 Å². The Bertz CT molecular complexity index is 669. The van der Waals surface area contributed by atoms with Gasteiger partial charge < -0.3 is 0 Å². The molecule has 1 fully saturated rings. The summed E-state index contributed by atoms with van der Waals surface area (Å²) in [5.41, 5.74) is 1.76. The van der Waals surface area contributed by atoms with Crippen LogP contribution in [0.2, 0.25) is 0 Å². The molecule has 1 aliphatic carbocycles. The molecule has 0 N–H and O–H groups in total. The molecule has 1 saturated carbocycles. The maximum atomic E-state index is 2.55. The lowest BCUT2D eigenvalue weighted by atomic mass is 9.73. The summed E-state index contributed by atoms with van der Waals surface area (Å²) < 4.78 is 0. The highest BCUT2D eigenvalue weighted by Gasteiger charge is 2.57. The Kier molecular flexibility index (Phi) is 3.10. The first-order valence-electron chi connectivity index (χ1n) is 7.97. The zero-order chi connectivity index (χ0) is 14.5. The van der Waals surface area contributed by atoms with E-state index in [9.17, 15) is 0 Å². The van der Waals surface area contributed by atoms with Crippen LogP contribution < -0.4 is 10.6 Å². The molecule has 2 heteroatoms. The third-order valence-electron chi connectivity index (χ3n) is 5.27. The van der Waals surface area contributed by atoms with Gasteiger partial charge in [-0.1, -0.05) is 84.4 Å². The maximum Gasteiger partial charge on any atom is 0.00139 e. The Labute approximate surface area is 134 Å². The second kappa shape index (κ2) is 5.16. The van der Waals surface area contributed by atoms with Crippen LogP contribution >= 0.6 is 15.8 Å². The molecule has 3 aliphatic rings. The summed E-state index contributed by atoms with van der Waals surface area (Å²) in [7, 11) is -0.214. The molecular formula is C20H18P2. The average molecular weight is 320 g/mol. The molecule has 0 bridgehead atoms. The molecule has 0 aromatic heterocycles. The molecule has 2 aromatic rings. The predicted octanol–water partition coefficient (Wildman–Crippen LogP) is 4.64. The minimum Gasteiger partial charge on any atom is -0.0793 e. The van der Waals surface area contributed by atoms with Crippen LogP contribution in [0.3, 0.4) is 0 Å². The van der Waals surface area contributed by atoms with Crippen LogP contribution in [-0.2, 0) is 0 Å². The molecule has 6 unspecified atom stereocenters. The van der Waals surface area contributed by atoms with E-state index in [0.29, 0.717) is 0 Å². The summed E-state index contributed by atoms with van der Waals surface area (Å²) in [6.45, 7) is 0. The first kappa shape index (κ1) is 13.2. The zero-order valence-corrected chi connectivity index (χ0v) is 14.1. The Morgan fingerprint density at radius 2 is 0.955 bits per heavy atom. The van der Waals surface area contributed by atoms with Crippen molar-refractivity contribution in [2.45, 2.75) is 11.3 Å². The molecule has 5 rings (SSSR count). The fourth-order valence-corrected chi connectivity index (χ4v) is 10.7. The molecule has 0 spiro atoms. The third-order valence-corrected chi connectivity index (χ3v) is 10.9. The van der Waals surface area contributed by atoms with E-state index in [1.165, 1.54) is 0 Å². The second-order valence-corrected chi connectivity index (χ2v) is 10.8. The first-order valence-corrected chi connectivity index (χ1v) is 10.9. The van der Waals surface area contributed by atoms with Crippen LogP contribution in [-0.4, -0.2) is 11.3 Å². The van der Waals surface area contributed by atoms with E-state index in [1.54, 1.807) is 10.6 Å². The topological polar surface area (TPSA) is 0 Å². The summed E-state index contributed by atoms with van der Waals surface area (Å²) in [6, 6.07) is 22.4. The highest BCUT2D eigenvalue weighted by atomic mass is 31.1. The van der Waals surface area contributed by atoms with Gasteiger partial charge in [-0.3, -0.25) is 0 Å². The quantitative estimate of drug-likeness (QED) is 0.707. The van der Waals surface area contributed by atoms with Gasteiger partial charge in [0.2, 0.25) is 0 Å². The molecular weight excluding hydrogens is 302 g/mol. The van der Waals surface area contributed by atoms with E-state index in [-0.39, 0.29) is 15.8 Å². The summed E-state index contributed by atoms with van der Waals surface area (Å²) in [5.74, 6) is 6.71. The van der Waals surface area contributed by atoms with E-state index < -0.39 is 0 Å². The SMILES string of the molecule is C1=CP(c2ccccc2)C2C1C1C=CP(c3ccccc3)C12. The first-order chi connectivity index (χ1) is 10.9. The number of benzene rings is 2. The largest absolute Gasteiger partial charge is 0.0793 e. The van der Waals surface area contributed by atoms with Crippen LogP contribution in [0.1, 0.15) is 0 Å². The van der Waals surface area contributed by atoms with Crippen molar-refractivity contribution in [3.05, 3.63) is 84.4 Å². The van der Waals surface area contributed by atoms with Crippen molar-refractivity contribution in [1.82, 2.24) is 0 Å². The average Bonchev–Trinajstić information content (AvgIpc) is 3.12. The summed E-state index contributed by atoms with van der Waals surface area (Å²) >= 11 is 0. The molecule has 2 aliphatic heterocycles. The van der Waals surface area contributed by atoms with Gasteiger partial charge in [-0.15, -0.1) is 0 Å². The molecule has 0 saturated heterocycles. The minimum absolute atomic E-state index is 0.107. The Morgan fingerprint density at radius 1 is 0.545 bits per heavy atom. The van der Waals surface area contributed by atoms with Gasteiger partial charge >= 0.3 is 0 Å². The number of fused-ring (bicyclic) bond motifs is 4. The van der Waals surface area contributed by atoms with Crippen LogP contribution in [0.4, 0.5) is 0 Å². The Balaban J connectivity index is 1.48. The Morgan fingerprint density at radius 3 is 1.36 bits per heavy atom. The van der Waals surface area contributed by atoms with Crippen molar-refractivity contribution in [3.8, 4) is 0 Å². The third kappa shape index (κ3) is 1.84. The number of hydrogen-bond acceptors (Lipinski definition) is 0. The van der Waals surface area contributed by atoms with E-state index in [2.05, 4.69) is 84.4 Å². The van der Waals surface area contributed by atoms with E-state index in [4.69, 9.17) is 0 Å². The van der Waals surface area contributed by atoms with Crippen molar-refractivity contribution < 1.29 is 0 Å². The van der Waals surface area contributed by atoms with E-state index in [1.807, 2.05) is 0 Å². The van der Waals surface area contributed by atoms with Crippen molar-refractivity contribution in [2.75, 3.05) is 0 Å². The Hall–Kier alpha value is -1.22. The molecule has 0 nitrogen and oxygen atoms in total. The van der Waals surface area contributed by atoms with Gasteiger partial charge in [-0.25, -0.2) is 0 Å². The summed E-state index contributed by atoms with van der Waals surface area (Å²) in [4.78, 5) is 0. The minimum atomic E-state index is -0.107. The fourth-order valence-electron chi connectivity index (χ4n) is 4.25. The van der Waals surface area contributed by atoms with Crippen molar-refractivity contribution >= 4 is 26.5 Å². The molecule has 108 valence electrons. The highest BCUT2D eigenvalue weighted by Crippen LogP contribution is 2.72. The predicted molar refractivity (Wildman–Crippen MR) is 98.8 cm³/mol. The smallest absolute Gasteiger partial charge is 0.00139 e. The van der Waals surface area contributed by atoms with Gasteiger partial charge in [0.05, 0.1) is 0 Å². The fraction of sp³-hybridized carbons (Fsp3) is 0.200.